The summed E-state index contributed by atoms with van der Waals surface area (Å²) >= 11 is 0. The Morgan fingerprint density at radius 2 is 2.15 bits per heavy atom. The molecule has 1 saturated carbocycles. The van der Waals surface area contributed by atoms with E-state index in [1.165, 1.54) is 0 Å². The van der Waals surface area contributed by atoms with Crippen molar-refractivity contribution < 1.29 is 9.59 Å². The van der Waals surface area contributed by atoms with E-state index in [9.17, 15) is 9.59 Å². The third-order valence-corrected chi connectivity index (χ3v) is 3.13. The number of anilines is 1. The van der Waals surface area contributed by atoms with E-state index in [0.29, 0.717) is 24.0 Å². The zero-order valence-electron chi connectivity index (χ0n) is 12.0. The fourth-order valence-electron chi connectivity index (χ4n) is 2.11. The van der Waals surface area contributed by atoms with E-state index in [4.69, 9.17) is 5.73 Å². The lowest BCUT2D eigenvalue weighted by Crippen LogP contribution is -2.34. The van der Waals surface area contributed by atoms with Crippen molar-refractivity contribution in [1.82, 2.24) is 15.2 Å². The van der Waals surface area contributed by atoms with Crippen molar-refractivity contribution >= 4 is 17.5 Å². The van der Waals surface area contributed by atoms with E-state index < -0.39 is 0 Å². The summed E-state index contributed by atoms with van der Waals surface area (Å²) in [5, 5.41) is 5.55. The number of nitrogens with zero attached hydrogens (tertiary/aromatic N) is 1. The summed E-state index contributed by atoms with van der Waals surface area (Å²) in [6, 6.07) is 2.20. The van der Waals surface area contributed by atoms with Gasteiger partial charge in [0.25, 0.3) is 5.91 Å². The first kappa shape index (κ1) is 14.4. The Morgan fingerprint density at radius 1 is 1.45 bits per heavy atom. The highest BCUT2D eigenvalue weighted by Gasteiger charge is 2.27. The Hall–Kier alpha value is -1.98. The number of carbonyl (C=O) groups is 2. The van der Waals surface area contributed by atoms with Crippen molar-refractivity contribution in [2.45, 2.75) is 45.2 Å². The van der Waals surface area contributed by atoms with Crippen molar-refractivity contribution in [1.29, 1.82) is 0 Å². The maximum absolute atomic E-state index is 12.1. The summed E-state index contributed by atoms with van der Waals surface area (Å²) in [4.78, 5) is 23.6. The molecule has 6 nitrogen and oxygen atoms in total. The highest BCUT2D eigenvalue weighted by molar-refractivity contribution is 5.94. The van der Waals surface area contributed by atoms with Crippen LogP contribution < -0.4 is 16.4 Å². The topological polar surface area (TPSA) is 89.2 Å². The average molecular weight is 278 g/mol. The van der Waals surface area contributed by atoms with Crippen molar-refractivity contribution in [2.75, 3.05) is 12.3 Å². The predicted octanol–water partition coefficient (Wildman–Crippen LogP) is 1.05. The first-order valence-corrected chi connectivity index (χ1v) is 7.02. The van der Waals surface area contributed by atoms with Crippen LogP contribution in [0.4, 0.5) is 5.69 Å². The van der Waals surface area contributed by atoms with Gasteiger partial charge in [0.15, 0.2) is 0 Å². The third-order valence-electron chi connectivity index (χ3n) is 3.13. The number of carbonyl (C=O) groups excluding carboxylic acids is 2. The van der Waals surface area contributed by atoms with Gasteiger partial charge in [0.1, 0.15) is 5.69 Å². The molecule has 1 fully saturated rings. The van der Waals surface area contributed by atoms with Gasteiger partial charge in [-0.1, -0.05) is 0 Å². The largest absolute Gasteiger partial charge is 0.397 e. The minimum Gasteiger partial charge on any atom is -0.397 e. The zero-order chi connectivity index (χ0) is 14.7. The monoisotopic (exact) mass is 278 g/mol. The quantitative estimate of drug-likeness (QED) is 0.726. The molecule has 1 aliphatic rings. The van der Waals surface area contributed by atoms with Crippen LogP contribution in [0.15, 0.2) is 12.3 Å². The number of amides is 2. The van der Waals surface area contributed by atoms with Gasteiger partial charge in [-0.2, -0.15) is 0 Å². The van der Waals surface area contributed by atoms with Crippen molar-refractivity contribution in [3.05, 3.63) is 18.0 Å². The Kier molecular flexibility index (Phi) is 4.32. The van der Waals surface area contributed by atoms with Crippen LogP contribution in [-0.4, -0.2) is 29.0 Å². The fraction of sp³-hybridized carbons (Fsp3) is 0.571. The molecule has 2 rings (SSSR count). The molecule has 0 radical (unpaired) electrons. The Morgan fingerprint density at radius 3 is 2.75 bits per heavy atom. The number of aromatic nitrogens is 1. The molecular weight excluding hydrogens is 256 g/mol. The smallest absolute Gasteiger partial charge is 0.268 e. The van der Waals surface area contributed by atoms with E-state index in [1.54, 1.807) is 12.3 Å². The second kappa shape index (κ2) is 5.98. The van der Waals surface area contributed by atoms with E-state index in [-0.39, 0.29) is 24.3 Å². The molecule has 0 spiro atoms. The van der Waals surface area contributed by atoms with Gasteiger partial charge in [0.05, 0.1) is 5.69 Å². The average Bonchev–Trinajstić information content (AvgIpc) is 3.11. The minimum atomic E-state index is -0.175. The molecule has 0 saturated heterocycles. The summed E-state index contributed by atoms with van der Waals surface area (Å²) in [5.41, 5.74) is 6.92. The van der Waals surface area contributed by atoms with E-state index in [0.717, 1.165) is 12.8 Å². The SMILES string of the molecule is CC(C)NC(=O)CCNC(=O)c1cc(N)cn1C1CC1. The molecule has 110 valence electrons. The maximum atomic E-state index is 12.1. The molecule has 0 unspecified atom stereocenters. The summed E-state index contributed by atoms with van der Waals surface area (Å²) < 4.78 is 1.93. The standard InChI is InChI=1S/C14H22N4O2/c1-9(2)17-13(19)5-6-16-14(20)12-7-10(15)8-18(12)11-3-4-11/h7-9,11H,3-6,15H2,1-2H3,(H,16,20)(H,17,19). The van der Waals surface area contributed by atoms with Gasteiger partial charge in [-0.05, 0) is 32.8 Å². The van der Waals surface area contributed by atoms with Crippen LogP contribution in [0.25, 0.3) is 0 Å². The molecule has 1 aromatic heterocycles. The van der Waals surface area contributed by atoms with Crippen LogP contribution in [0.3, 0.4) is 0 Å². The lowest BCUT2D eigenvalue weighted by molar-refractivity contribution is -0.121. The molecule has 0 aromatic carbocycles. The molecule has 1 aromatic rings. The molecule has 2 amide bonds. The summed E-state index contributed by atoms with van der Waals surface area (Å²) in [7, 11) is 0. The van der Waals surface area contributed by atoms with Gasteiger partial charge < -0.3 is 20.9 Å². The maximum Gasteiger partial charge on any atom is 0.268 e. The highest BCUT2D eigenvalue weighted by atomic mass is 16.2. The van der Waals surface area contributed by atoms with Gasteiger partial charge in [-0.3, -0.25) is 9.59 Å². The highest BCUT2D eigenvalue weighted by Crippen LogP contribution is 2.37. The van der Waals surface area contributed by atoms with E-state index in [1.807, 2.05) is 18.4 Å². The Labute approximate surface area is 118 Å². The first-order chi connectivity index (χ1) is 9.47. The van der Waals surface area contributed by atoms with Crippen molar-refractivity contribution in [3.8, 4) is 0 Å². The molecule has 0 atom stereocenters. The zero-order valence-corrected chi connectivity index (χ0v) is 12.0. The predicted molar refractivity (Wildman–Crippen MR) is 77.3 cm³/mol. The fourth-order valence-corrected chi connectivity index (χ4v) is 2.11. The van der Waals surface area contributed by atoms with E-state index >= 15 is 0 Å². The molecule has 0 aliphatic heterocycles. The van der Waals surface area contributed by atoms with Gasteiger partial charge >= 0.3 is 0 Å². The Bertz CT molecular complexity index is 503. The van der Waals surface area contributed by atoms with Crippen LogP contribution >= 0.6 is 0 Å². The van der Waals surface area contributed by atoms with Gasteiger partial charge in [0.2, 0.25) is 5.91 Å². The molecule has 1 heterocycles. The van der Waals surface area contributed by atoms with Gasteiger partial charge in [0, 0.05) is 31.2 Å². The molecule has 20 heavy (non-hydrogen) atoms. The van der Waals surface area contributed by atoms with Gasteiger partial charge in [-0.25, -0.2) is 0 Å². The molecule has 4 N–H and O–H groups in total. The van der Waals surface area contributed by atoms with Crippen LogP contribution in [0, 0.1) is 0 Å². The van der Waals surface area contributed by atoms with Crippen molar-refractivity contribution in [3.63, 3.8) is 0 Å². The summed E-state index contributed by atoms with van der Waals surface area (Å²) in [5.74, 6) is -0.233. The number of nitrogen functional groups attached to an aromatic ring is 1. The number of rotatable bonds is 6. The second-order valence-corrected chi connectivity index (χ2v) is 5.53. The molecular formula is C14H22N4O2. The number of hydrogen-bond donors (Lipinski definition) is 3. The second-order valence-electron chi connectivity index (χ2n) is 5.53. The van der Waals surface area contributed by atoms with Crippen molar-refractivity contribution in [2.24, 2.45) is 0 Å². The molecule has 1 aliphatic carbocycles. The van der Waals surface area contributed by atoms with Crippen LogP contribution in [-0.2, 0) is 4.79 Å². The number of hydrogen-bond acceptors (Lipinski definition) is 3. The lowest BCUT2D eigenvalue weighted by atomic mass is 10.3. The normalized spacial score (nSPS) is 14.3. The van der Waals surface area contributed by atoms with Crippen LogP contribution in [0.5, 0.6) is 0 Å². The lowest BCUT2D eigenvalue weighted by Gasteiger charge is -2.10. The summed E-state index contributed by atoms with van der Waals surface area (Å²) in [6.07, 6.45) is 4.26. The number of nitrogens with two attached hydrogens (primary N) is 1. The summed E-state index contributed by atoms with van der Waals surface area (Å²) in [6.45, 7) is 4.14. The Balaban J connectivity index is 1.84. The van der Waals surface area contributed by atoms with Crippen LogP contribution in [0.2, 0.25) is 0 Å². The molecule has 6 heteroatoms. The molecule has 0 bridgehead atoms. The minimum absolute atomic E-state index is 0.0580. The van der Waals surface area contributed by atoms with E-state index in [2.05, 4.69) is 10.6 Å². The first-order valence-electron chi connectivity index (χ1n) is 7.02. The third kappa shape index (κ3) is 3.76. The van der Waals surface area contributed by atoms with Gasteiger partial charge in [-0.15, -0.1) is 0 Å². The number of nitrogens with one attached hydrogen (secondary N) is 2. The van der Waals surface area contributed by atoms with Crippen LogP contribution in [0.1, 0.15) is 49.6 Å².